The van der Waals surface area contributed by atoms with Gasteiger partial charge in [0.15, 0.2) is 0 Å². The van der Waals surface area contributed by atoms with Crippen molar-refractivity contribution in [1.82, 2.24) is 10.6 Å². The molecule has 0 aliphatic carbocycles. The molecule has 2 N–H and O–H groups in total. The van der Waals surface area contributed by atoms with E-state index in [1.165, 1.54) is 0 Å². The number of nitrogens with one attached hydrogen (secondary N) is 2. The molecule has 10 heteroatoms. The van der Waals surface area contributed by atoms with Gasteiger partial charge in [-0.05, 0) is 45.6 Å². The van der Waals surface area contributed by atoms with E-state index in [0.29, 0.717) is 19.4 Å². The van der Waals surface area contributed by atoms with Crippen LogP contribution in [-0.4, -0.2) is 55.5 Å². The van der Waals surface area contributed by atoms with Crippen LogP contribution in [0.25, 0.3) is 0 Å². The fourth-order valence-corrected chi connectivity index (χ4v) is 2.80. The molecular weight excluding hydrogens is 432 g/mol. The van der Waals surface area contributed by atoms with Crippen LogP contribution in [0, 0.1) is 0 Å². The molecule has 1 aromatic carbocycles. The lowest BCUT2D eigenvalue weighted by Crippen LogP contribution is -2.49. The molecule has 2 amide bonds. The fraction of sp³-hybridized carbons (Fsp3) is 0.565. The van der Waals surface area contributed by atoms with Crippen molar-refractivity contribution in [2.75, 3.05) is 13.7 Å². The Morgan fingerprint density at radius 2 is 1.67 bits per heavy atom. The molecule has 0 spiro atoms. The van der Waals surface area contributed by atoms with Gasteiger partial charge in [0, 0.05) is 13.5 Å². The minimum Gasteiger partial charge on any atom is -0.466 e. The Balaban J connectivity index is 2.68. The van der Waals surface area contributed by atoms with E-state index in [1.54, 1.807) is 32.9 Å². The third-order valence-electron chi connectivity index (χ3n) is 4.22. The van der Waals surface area contributed by atoms with Gasteiger partial charge in [-0.15, -0.1) is 0 Å². The van der Waals surface area contributed by atoms with Crippen LogP contribution >= 0.6 is 0 Å². The fourth-order valence-electron chi connectivity index (χ4n) is 2.80. The van der Waals surface area contributed by atoms with E-state index in [2.05, 4.69) is 10.6 Å². The first kappa shape index (κ1) is 27.7. The first-order chi connectivity index (χ1) is 15.5. The molecule has 0 radical (unpaired) electrons. The van der Waals surface area contributed by atoms with Gasteiger partial charge in [0.05, 0.1) is 13.2 Å². The van der Waals surface area contributed by atoms with Crippen LogP contribution in [0.1, 0.15) is 52.5 Å². The van der Waals surface area contributed by atoms with Gasteiger partial charge < -0.3 is 29.6 Å². The average Bonchev–Trinajstić information content (AvgIpc) is 2.74. The normalized spacial score (nSPS) is 12.6. The summed E-state index contributed by atoms with van der Waals surface area (Å²) in [6, 6.07) is 8.21. The zero-order valence-electron chi connectivity index (χ0n) is 19.8. The lowest BCUT2D eigenvalue weighted by molar-refractivity contribution is -0.166. The van der Waals surface area contributed by atoms with Crippen LogP contribution in [0.15, 0.2) is 30.3 Å². The summed E-state index contributed by atoms with van der Waals surface area (Å²) in [4.78, 5) is 47.8. The van der Waals surface area contributed by atoms with E-state index in [0.717, 1.165) is 19.6 Å². The Morgan fingerprint density at radius 1 is 1.00 bits per heavy atom. The number of rotatable bonds is 11. The molecular formula is C23H34N2O8. The zero-order chi connectivity index (χ0) is 24.9. The van der Waals surface area contributed by atoms with Crippen LogP contribution < -0.4 is 10.6 Å². The Bertz CT molecular complexity index is 776. The summed E-state index contributed by atoms with van der Waals surface area (Å²) in [7, 11) is 1.16. The summed E-state index contributed by atoms with van der Waals surface area (Å²) >= 11 is 0. The molecule has 0 heterocycles. The van der Waals surface area contributed by atoms with Crippen LogP contribution in [0.2, 0.25) is 0 Å². The number of alkyl carbamates (subject to hydrolysis) is 2. The lowest BCUT2D eigenvalue weighted by atomic mass is 10.0. The molecule has 0 aromatic heterocycles. The first-order valence-corrected chi connectivity index (χ1v) is 10.7. The Labute approximate surface area is 194 Å². The number of esters is 2. The highest BCUT2D eigenvalue weighted by Crippen LogP contribution is 2.12. The number of amides is 2. The SMILES string of the molecule is COC(=O)C(OC(C)=O)[C@H](CCCCNC(=O)OC(C)(C)C)NC(=O)OCc1ccccc1. The summed E-state index contributed by atoms with van der Waals surface area (Å²) in [5.74, 6) is -1.49. The molecule has 0 saturated carbocycles. The highest BCUT2D eigenvalue weighted by molar-refractivity contribution is 5.80. The van der Waals surface area contributed by atoms with E-state index >= 15 is 0 Å². The highest BCUT2D eigenvalue weighted by atomic mass is 16.6. The second kappa shape index (κ2) is 14.0. The quantitative estimate of drug-likeness (QED) is 0.289. The van der Waals surface area contributed by atoms with Gasteiger partial charge in [-0.25, -0.2) is 14.4 Å². The minimum absolute atomic E-state index is 0.0374. The van der Waals surface area contributed by atoms with Crippen LogP contribution in [0.3, 0.4) is 0 Å². The molecule has 184 valence electrons. The van der Waals surface area contributed by atoms with E-state index < -0.39 is 41.9 Å². The van der Waals surface area contributed by atoms with E-state index in [-0.39, 0.29) is 13.0 Å². The van der Waals surface area contributed by atoms with Crippen LogP contribution in [-0.2, 0) is 35.1 Å². The standard InChI is InChI=1S/C23H34N2O8/c1-16(26)32-19(20(27)30-5)18(13-9-10-14-24-21(28)33-23(2,3)4)25-22(29)31-15-17-11-7-6-8-12-17/h6-8,11-12,18-19H,9-10,13-15H2,1-5H3,(H,24,28)(H,25,29)/t18-,19?/m0/s1. The second-order valence-corrected chi connectivity index (χ2v) is 8.29. The van der Waals surface area contributed by atoms with Crippen LogP contribution in [0.4, 0.5) is 9.59 Å². The summed E-state index contributed by atoms with van der Waals surface area (Å²) in [6.07, 6.45) is -1.34. The van der Waals surface area contributed by atoms with Crippen molar-refractivity contribution in [2.45, 2.75) is 71.3 Å². The van der Waals surface area contributed by atoms with Crippen molar-refractivity contribution >= 4 is 24.1 Å². The predicted molar refractivity (Wildman–Crippen MR) is 119 cm³/mol. The zero-order valence-corrected chi connectivity index (χ0v) is 19.8. The molecule has 10 nitrogen and oxygen atoms in total. The lowest BCUT2D eigenvalue weighted by Gasteiger charge is -2.25. The highest BCUT2D eigenvalue weighted by Gasteiger charge is 2.33. The molecule has 33 heavy (non-hydrogen) atoms. The van der Waals surface area contributed by atoms with Gasteiger partial charge >= 0.3 is 24.1 Å². The summed E-state index contributed by atoms with van der Waals surface area (Å²) < 4.78 is 20.2. The third kappa shape index (κ3) is 12.4. The van der Waals surface area contributed by atoms with Gasteiger partial charge in [0.25, 0.3) is 0 Å². The number of carbonyl (C=O) groups is 4. The van der Waals surface area contributed by atoms with Crippen molar-refractivity contribution < 1.29 is 38.1 Å². The third-order valence-corrected chi connectivity index (χ3v) is 4.22. The predicted octanol–water partition coefficient (Wildman–Crippen LogP) is 3.08. The van der Waals surface area contributed by atoms with E-state index in [4.69, 9.17) is 18.9 Å². The molecule has 0 bridgehead atoms. The number of hydrogen-bond acceptors (Lipinski definition) is 8. The number of benzene rings is 1. The van der Waals surface area contributed by atoms with Gasteiger partial charge in [-0.2, -0.15) is 0 Å². The van der Waals surface area contributed by atoms with Gasteiger partial charge in [-0.1, -0.05) is 30.3 Å². The molecule has 0 aliphatic heterocycles. The Morgan fingerprint density at radius 3 is 2.24 bits per heavy atom. The molecule has 0 saturated heterocycles. The number of unbranched alkanes of at least 4 members (excludes halogenated alkanes) is 1. The van der Waals surface area contributed by atoms with E-state index in [9.17, 15) is 19.2 Å². The molecule has 1 rings (SSSR count). The minimum atomic E-state index is -1.34. The topological polar surface area (TPSA) is 129 Å². The summed E-state index contributed by atoms with van der Waals surface area (Å²) in [5, 5.41) is 5.22. The first-order valence-electron chi connectivity index (χ1n) is 10.7. The number of carbonyl (C=O) groups excluding carboxylic acids is 4. The maximum Gasteiger partial charge on any atom is 0.407 e. The number of hydrogen-bond donors (Lipinski definition) is 2. The Hall–Kier alpha value is -3.30. The van der Waals surface area contributed by atoms with Gasteiger partial charge in [-0.3, -0.25) is 4.79 Å². The Kier molecular flexibility index (Phi) is 11.7. The van der Waals surface area contributed by atoms with Crippen molar-refractivity contribution in [3.05, 3.63) is 35.9 Å². The van der Waals surface area contributed by atoms with E-state index in [1.807, 2.05) is 18.2 Å². The maximum atomic E-state index is 12.3. The molecule has 0 aliphatic rings. The van der Waals surface area contributed by atoms with Crippen molar-refractivity contribution in [3.8, 4) is 0 Å². The molecule has 1 aromatic rings. The van der Waals surface area contributed by atoms with Crippen molar-refractivity contribution in [1.29, 1.82) is 0 Å². The number of methoxy groups -OCH3 is 1. The molecule has 0 fully saturated rings. The van der Waals surface area contributed by atoms with Gasteiger partial charge in [0.2, 0.25) is 6.10 Å². The molecule has 1 unspecified atom stereocenters. The largest absolute Gasteiger partial charge is 0.466 e. The van der Waals surface area contributed by atoms with Crippen LogP contribution in [0.5, 0.6) is 0 Å². The van der Waals surface area contributed by atoms with Crippen molar-refractivity contribution in [3.63, 3.8) is 0 Å². The summed E-state index contributed by atoms with van der Waals surface area (Å²) in [6.45, 7) is 6.82. The monoisotopic (exact) mass is 466 g/mol. The average molecular weight is 467 g/mol. The smallest absolute Gasteiger partial charge is 0.407 e. The second-order valence-electron chi connectivity index (χ2n) is 8.29. The maximum absolute atomic E-state index is 12.3. The number of ether oxygens (including phenoxy) is 4. The summed E-state index contributed by atoms with van der Waals surface area (Å²) in [5.41, 5.74) is 0.193. The molecule has 2 atom stereocenters. The van der Waals surface area contributed by atoms with Crippen molar-refractivity contribution in [2.24, 2.45) is 0 Å². The van der Waals surface area contributed by atoms with Gasteiger partial charge in [0.1, 0.15) is 12.2 Å².